The highest BCUT2D eigenvalue weighted by molar-refractivity contribution is 7.86. The molecule has 67 heavy (non-hydrogen) atoms. The van der Waals surface area contributed by atoms with Crippen LogP contribution in [-0.2, 0) is 50.8 Å². The van der Waals surface area contributed by atoms with Crippen molar-refractivity contribution in [3.05, 3.63) is 119 Å². The molecule has 5 N–H and O–H groups in total. The molecule has 6 rings (SSSR count). The summed E-state index contributed by atoms with van der Waals surface area (Å²) in [4.78, 5) is 23.7. The molecule has 3 aliphatic rings. The van der Waals surface area contributed by atoms with Crippen molar-refractivity contribution in [2.45, 2.75) is 124 Å². The molecule has 0 saturated heterocycles. The highest BCUT2D eigenvalue weighted by Crippen LogP contribution is 2.49. The predicted molar refractivity (Wildman–Crippen MR) is 251 cm³/mol. The van der Waals surface area contributed by atoms with E-state index in [0.717, 1.165) is 33.9 Å². The van der Waals surface area contributed by atoms with E-state index in [9.17, 15) is 58.7 Å². The van der Waals surface area contributed by atoms with Gasteiger partial charge in [0.1, 0.15) is 18.1 Å². The van der Waals surface area contributed by atoms with Crippen LogP contribution in [0.25, 0.3) is 0 Å². The van der Waals surface area contributed by atoms with E-state index in [2.05, 4.69) is 9.48 Å². The molecule has 1 aliphatic carbocycles. The fourth-order valence-corrected chi connectivity index (χ4v) is 10.6. The number of fused-ring (bicyclic) bond motifs is 2. The van der Waals surface area contributed by atoms with E-state index in [4.69, 9.17) is 4.74 Å². The van der Waals surface area contributed by atoms with Crippen LogP contribution in [0.4, 0.5) is 11.4 Å². The van der Waals surface area contributed by atoms with Gasteiger partial charge >= 0.3 is 11.9 Å². The van der Waals surface area contributed by atoms with Crippen LogP contribution >= 0.6 is 0 Å². The quantitative estimate of drug-likeness (QED) is 0.0403. The zero-order valence-electron chi connectivity index (χ0n) is 37.8. The summed E-state index contributed by atoms with van der Waals surface area (Å²) in [5.41, 5.74) is 4.45. The highest BCUT2D eigenvalue weighted by Gasteiger charge is 2.45. The molecule has 0 radical (unpaired) electrons. The van der Waals surface area contributed by atoms with Gasteiger partial charge in [-0.3, -0.25) is 23.2 Å². The lowest BCUT2D eigenvalue weighted by Gasteiger charge is -2.27. The average molecular weight is 982 g/mol. The number of ether oxygens (including phenoxy) is 1. The zero-order valence-corrected chi connectivity index (χ0v) is 40.3. The standard InChI is InChI=1S/C48H56N2O14S3/c1-47(2)38-30-36(66(58,59)60)22-24-40(38)49(28-9-5-7-14-44(51)52)42(47)26-16-32-12-11-13-33(46(32)64-34-18-20-35(21-19-34)65(55,56)57)17-27-43-48(3,4)39-31-37(67(61,62)63)23-25-41(39)50(43)29-10-6-8-15-45(53)54/h16-27,30-31H,5-15,28-29H2,1-4H3,(H4-,51,52,53,54,55,56,57,58,59,60,61,62,63)/p+1. The average Bonchev–Trinajstić information content (AvgIpc) is 3.58. The second-order valence-electron chi connectivity index (χ2n) is 18.0. The lowest BCUT2D eigenvalue weighted by molar-refractivity contribution is -0.438. The minimum Gasteiger partial charge on any atom is -0.481 e. The summed E-state index contributed by atoms with van der Waals surface area (Å²) in [6.07, 6.45) is 13.1. The maximum Gasteiger partial charge on any atom is 0.303 e. The molecule has 0 atom stereocenters. The Morgan fingerprint density at radius 3 is 1.84 bits per heavy atom. The fraction of sp³-hybridized carbons (Fsp3) is 0.396. The van der Waals surface area contributed by atoms with Gasteiger partial charge in [0.25, 0.3) is 30.4 Å². The molecule has 0 fully saturated rings. The monoisotopic (exact) mass is 981 g/mol. The van der Waals surface area contributed by atoms with Crippen LogP contribution in [-0.4, -0.2) is 84.4 Å². The first-order valence-electron chi connectivity index (χ1n) is 22.0. The Hall–Kier alpha value is -5.44. The van der Waals surface area contributed by atoms with Crippen molar-refractivity contribution in [2.24, 2.45) is 0 Å². The minimum absolute atomic E-state index is 0.0321. The molecule has 2 aliphatic heterocycles. The van der Waals surface area contributed by atoms with Crippen LogP contribution in [0.1, 0.15) is 109 Å². The molecule has 16 nitrogen and oxygen atoms in total. The number of aliphatic carboxylic acids is 2. The predicted octanol–water partition coefficient (Wildman–Crippen LogP) is 8.77. The second-order valence-corrected chi connectivity index (χ2v) is 22.3. The van der Waals surface area contributed by atoms with E-state index in [1.165, 1.54) is 48.5 Å². The number of anilines is 1. The smallest absolute Gasteiger partial charge is 0.303 e. The number of carbonyl (C=O) groups is 2. The Labute approximate surface area is 391 Å². The van der Waals surface area contributed by atoms with E-state index in [1.807, 2.05) is 52.0 Å². The first kappa shape index (κ1) is 51.0. The van der Waals surface area contributed by atoms with Crippen molar-refractivity contribution >= 4 is 59.4 Å². The summed E-state index contributed by atoms with van der Waals surface area (Å²) in [7, 11) is -13.5. The lowest BCUT2D eigenvalue weighted by atomic mass is 9.81. The second kappa shape index (κ2) is 20.0. The van der Waals surface area contributed by atoms with Crippen LogP contribution in [0.15, 0.2) is 122 Å². The highest BCUT2D eigenvalue weighted by atomic mass is 32.2. The van der Waals surface area contributed by atoms with E-state index in [1.54, 1.807) is 12.1 Å². The summed E-state index contributed by atoms with van der Waals surface area (Å²) in [6.45, 7) is 8.77. The van der Waals surface area contributed by atoms with Crippen molar-refractivity contribution < 1.29 is 68.0 Å². The van der Waals surface area contributed by atoms with Crippen molar-refractivity contribution in [1.29, 1.82) is 0 Å². The van der Waals surface area contributed by atoms with Gasteiger partial charge in [-0.1, -0.05) is 26.3 Å². The molecule has 0 bridgehead atoms. The van der Waals surface area contributed by atoms with Gasteiger partial charge in [-0.05, 0) is 142 Å². The van der Waals surface area contributed by atoms with Crippen molar-refractivity contribution in [1.82, 2.24) is 0 Å². The number of benzene rings is 3. The Morgan fingerprint density at radius 2 is 1.24 bits per heavy atom. The number of unbranched alkanes of at least 4 members (excludes halogenated alkanes) is 4. The zero-order chi connectivity index (χ0) is 49.1. The van der Waals surface area contributed by atoms with Crippen molar-refractivity contribution in [3.63, 3.8) is 0 Å². The van der Waals surface area contributed by atoms with Gasteiger partial charge in [0.2, 0.25) is 5.69 Å². The minimum atomic E-state index is -4.52. The number of carboxylic acids is 2. The third-order valence-electron chi connectivity index (χ3n) is 12.6. The molecule has 360 valence electrons. The van der Waals surface area contributed by atoms with Crippen molar-refractivity contribution in [3.8, 4) is 5.75 Å². The first-order valence-corrected chi connectivity index (χ1v) is 26.3. The number of allylic oxidation sites excluding steroid dienone is 7. The lowest BCUT2D eigenvalue weighted by Crippen LogP contribution is -2.28. The van der Waals surface area contributed by atoms with Crippen LogP contribution in [0.3, 0.4) is 0 Å². The fourth-order valence-electron chi connectivity index (χ4n) is 9.07. The SMILES string of the molecule is CC1(C)C(/C=C/C2=C(Oc3ccc(S(=O)(=O)O)cc3)C(=C/C=C3/N(CCCCCC(=O)O)c4ccc(S(=O)(=O)O)cc4C3(C)C)/CCC2)=[N+](CCCCCC(=O)O)c2ccc(S(=O)(=O)O)cc21. The Balaban J connectivity index is 1.47. The number of hydrogen-bond acceptors (Lipinski definition) is 10. The van der Waals surface area contributed by atoms with Gasteiger partial charge in [-0.2, -0.15) is 29.8 Å². The number of hydrogen-bond donors (Lipinski definition) is 5. The summed E-state index contributed by atoms with van der Waals surface area (Å²) >= 11 is 0. The third kappa shape index (κ3) is 11.8. The Bertz CT molecular complexity index is 2950. The maximum absolute atomic E-state index is 12.3. The van der Waals surface area contributed by atoms with E-state index < -0.39 is 53.1 Å². The third-order valence-corrected chi connectivity index (χ3v) is 15.1. The summed E-state index contributed by atoms with van der Waals surface area (Å²) in [5.74, 6) is -1.01. The first-order chi connectivity index (χ1) is 31.3. The summed E-state index contributed by atoms with van der Waals surface area (Å²) in [6, 6.07) is 14.3. The maximum atomic E-state index is 12.3. The largest absolute Gasteiger partial charge is 0.481 e. The van der Waals surface area contributed by atoms with E-state index in [-0.39, 0.29) is 33.3 Å². The van der Waals surface area contributed by atoms with Crippen LogP contribution in [0.5, 0.6) is 5.75 Å². The van der Waals surface area contributed by atoms with Crippen LogP contribution in [0, 0.1) is 0 Å². The van der Waals surface area contributed by atoms with Gasteiger partial charge in [0.15, 0.2) is 5.71 Å². The molecule has 0 aromatic heterocycles. The van der Waals surface area contributed by atoms with Gasteiger partial charge in [-0.25, -0.2) is 0 Å². The number of nitrogens with zero attached hydrogens (tertiary/aromatic N) is 2. The Morgan fingerprint density at radius 1 is 0.672 bits per heavy atom. The molecule has 0 unspecified atom stereocenters. The van der Waals surface area contributed by atoms with Gasteiger partial charge in [0, 0.05) is 60.3 Å². The Kier molecular flexibility index (Phi) is 15.2. The molecule has 0 amide bonds. The molecule has 0 spiro atoms. The van der Waals surface area contributed by atoms with Crippen LogP contribution < -0.4 is 9.64 Å². The van der Waals surface area contributed by atoms with Gasteiger partial charge in [0.05, 0.1) is 20.1 Å². The normalized spacial score (nSPS) is 18.3. The van der Waals surface area contributed by atoms with Crippen molar-refractivity contribution in [2.75, 3.05) is 18.0 Å². The van der Waals surface area contributed by atoms with Crippen LogP contribution in [0.2, 0.25) is 0 Å². The molecule has 2 heterocycles. The summed E-state index contributed by atoms with van der Waals surface area (Å²) < 4.78 is 111. The van der Waals surface area contributed by atoms with Gasteiger partial charge < -0.3 is 19.8 Å². The molecular weight excluding hydrogens is 925 g/mol. The molecule has 19 heteroatoms. The molecule has 0 saturated carbocycles. The van der Waals surface area contributed by atoms with E-state index >= 15 is 0 Å². The summed E-state index contributed by atoms with van der Waals surface area (Å²) in [5, 5.41) is 18.4. The molecule has 3 aromatic carbocycles. The molecular formula is C48H57N2O14S3+. The van der Waals surface area contributed by atoms with Gasteiger partial charge in [-0.15, -0.1) is 0 Å². The topological polar surface area (TPSA) is 253 Å². The number of rotatable bonds is 20. The molecule has 3 aromatic rings. The number of carboxylic acid groups (broad SMARTS) is 2. The van der Waals surface area contributed by atoms with E-state index in [0.29, 0.717) is 87.8 Å².